The van der Waals surface area contributed by atoms with Crippen LogP contribution in [0.5, 0.6) is 0 Å². The fraction of sp³-hybridized carbons (Fsp3) is 0.538. The van der Waals surface area contributed by atoms with E-state index in [9.17, 15) is 5.11 Å². The van der Waals surface area contributed by atoms with Crippen LogP contribution in [0.2, 0.25) is 0 Å². The highest BCUT2D eigenvalue weighted by Crippen LogP contribution is 2.24. The summed E-state index contributed by atoms with van der Waals surface area (Å²) >= 11 is 0. The minimum atomic E-state index is -0.355. The van der Waals surface area contributed by atoms with Crippen molar-refractivity contribution in [2.75, 3.05) is 6.54 Å². The first kappa shape index (κ1) is 13.5. The van der Waals surface area contributed by atoms with Crippen LogP contribution in [0.3, 0.4) is 0 Å². The van der Waals surface area contributed by atoms with E-state index in [2.05, 4.69) is 37.4 Å². The Balaban J connectivity index is 0.00000128. The Bertz CT molecular complexity index is 328. The number of hydrogen-bond acceptors (Lipinski definition) is 2. The summed E-state index contributed by atoms with van der Waals surface area (Å²) in [6, 6.07) is 6.54. The molecule has 1 aliphatic rings. The van der Waals surface area contributed by atoms with Crippen molar-refractivity contribution in [3.63, 3.8) is 0 Å². The Hall–Kier alpha value is -0.570. The van der Waals surface area contributed by atoms with E-state index in [0.717, 1.165) is 18.5 Å². The molecule has 0 spiro atoms. The van der Waals surface area contributed by atoms with Gasteiger partial charge in [0.05, 0.1) is 6.10 Å². The van der Waals surface area contributed by atoms with Crippen LogP contribution in [0.25, 0.3) is 0 Å². The monoisotopic (exact) mass is 241 g/mol. The van der Waals surface area contributed by atoms with Crippen LogP contribution < -0.4 is 5.32 Å². The summed E-state index contributed by atoms with van der Waals surface area (Å²) in [5.74, 6) is 0. The van der Waals surface area contributed by atoms with E-state index in [-0.39, 0.29) is 24.6 Å². The number of rotatable bonds is 2. The second-order valence-corrected chi connectivity index (χ2v) is 4.57. The van der Waals surface area contributed by atoms with Crippen molar-refractivity contribution >= 4 is 12.4 Å². The molecule has 1 fully saturated rings. The summed E-state index contributed by atoms with van der Waals surface area (Å²) in [4.78, 5) is 0. The number of benzene rings is 1. The van der Waals surface area contributed by atoms with Crippen LogP contribution in [0.1, 0.15) is 35.6 Å². The van der Waals surface area contributed by atoms with Gasteiger partial charge < -0.3 is 10.4 Å². The molecule has 1 aliphatic heterocycles. The highest BCUT2D eigenvalue weighted by molar-refractivity contribution is 5.85. The molecule has 2 N–H and O–H groups in total. The minimum absolute atomic E-state index is 0. The van der Waals surface area contributed by atoms with E-state index >= 15 is 0 Å². The molecular formula is C13H20ClNO. The molecule has 3 heteroatoms. The quantitative estimate of drug-likeness (QED) is 0.834. The van der Waals surface area contributed by atoms with Gasteiger partial charge in [0.1, 0.15) is 0 Å². The number of aliphatic hydroxyl groups excluding tert-OH is 1. The first-order valence-corrected chi connectivity index (χ1v) is 5.66. The fourth-order valence-corrected chi connectivity index (χ4v) is 2.39. The third-order valence-electron chi connectivity index (χ3n) is 3.07. The number of aliphatic hydroxyl groups is 1. The van der Waals surface area contributed by atoms with Gasteiger partial charge in [-0.1, -0.05) is 29.3 Å². The Morgan fingerprint density at radius 2 is 1.88 bits per heavy atom. The van der Waals surface area contributed by atoms with Gasteiger partial charge in [0.2, 0.25) is 0 Å². The second-order valence-electron chi connectivity index (χ2n) is 4.57. The maximum Gasteiger partial charge on any atom is 0.0943 e. The molecule has 0 amide bonds. The third kappa shape index (κ3) is 2.97. The molecule has 0 radical (unpaired) electrons. The maximum atomic E-state index is 10.2. The summed E-state index contributed by atoms with van der Waals surface area (Å²) < 4.78 is 0. The van der Waals surface area contributed by atoms with Crippen molar-refractivity contribution in [3.05, 3.63) is 34.9 Å². The van der Waals surface area contributed by atoms with Crippen molar-refractivity contribution in [3.8, 4) is 0 Å². The average molecular weight is 242 g/mol. The number of aryl methyl sites for hydroxylation is 2. The van der Waals surface area contributed by atoms with Crippen LogP contribution in [-0.4, -0.2) is 17.7 Å². The fourth-order valence-electron chi connectivity index (χ4n) is 2.39. The van der Waals surface area contributed by atoms with E-state index < -0.39 is 0 Å². The number of nitrogens with one attached hydrogen (secondary N) is 1. The molecule has 1 saturated heterocycles. The van der Waals surface area contributed by atoms with Crippen LogP contribution >= 0.6 is 12.4 Å². The van der Waals surface area contributed by atoms with Crippen LogP contribution in [0.15, 0.2) is 18.2 Å². The normalized spacial score (nSPS) is 21.6. The molecule has 0 aromatic heterocycles. The molecule has 0 bridgehead atoms. The van der Waals surface area contributed by atoms with E-state index in [0.29, 0.717) is 0 Å². The van der Waals surface area contributed by atoms with Crippen molar-refractivity contribution in [1.29, 1.82) is 0 Å². The van der Waals surface area contributed by atoms with Crippen LogP contribution in [0, 0.1) is 13.8 Å². The lowest BCUT2D eigenvalue weighted by molar-refractivity contribution is 0.137. The topological polar surface area (TPSA) is 32.3 Å². The SMILES string of the molecule is Cc1cc(C)cc(C(O)[C@@H]2CCCN2)c1.Cl. The van der Waals surface area contributed by atoms with E-state index in [1.54, 1.807) is 0 Å². The van der Waals surface area contributed by atoms with Gasteiger partial charge in [-0.15, -0.1) is 12.4 Å². The van der Waals surface area contributed by atoms with E-state index in [4.69, 9.17) is 0 Å². The zero-order chi connectivity index (χ0) is 10.8. The minimum Gasteiger partial charge on any atom is -0.387 e. The average Bonchev–Trinajstić information content (AvgIpc) is 2.67. The van der Waals surface area contributed by atoms with Crippen molar-refractivity contribution in [1.82, 2.24) is 5.32 Å². The van der Waals surface area contributed by atoms with Gasteiger partial charge in [0, 0.05) is 6.04 Å². The summed E-state index contributed by atoms with van der Waals surface area (Å²) in [5.41, 5.74) is 3.50. The van der Waals surface area contributed by atoms with Crippen LogP contribution in [0.4, 0.5) is 0 Å². The largest absolute Gasteiger partial charge is 0.387 e. The Kier molecular flexibility index (Phi) is 4.78. The molecule has 1 aromatic carbocycles. The van der Waals surface area contributed by atoms with Gasteiger partial charge >= 0.3 is 0 Å². The predicted octanol–water partition coefficient (Wildman–Crippen LogP) is 2.51. The molecule has 1 unspecified atom stereocenters. The lowest BCUT2D eigenvalue weighted by atomic mass is 9.97. The van der Waals surface area contributed by atoms with E-state index in [1.807, 2.05) is 0 Å². The molecule has 1 heterocycles. The second kappa shape index (κ2) is 5.67. The standard InChI is InChI=1S/C13H19NO.ClH/c1-9-6-10(2)8-11(7-9)13(15)12-4-3-5-14-12;/h6-8,12-15H,3-5H2,1-2H3;1H/t12-,13?;/m0./s1. The van der Waals surface area contributed by atoms with Gasteiger partial charge in [-0.05, 0) is 38.8 Å². The Morgan fingerprint density at radius 3 is 2.38 bits per heavy atom. The number of halogens is 1. The highest BCUT2D eigenvalue weighted by atomic mass is 35.5. The van der Waals surface area contributed by atoms with Crippen LogP contribution in [-0.2, 0) is 0 Å². The van der Waals surface area contributed by atoms with Gasteiger partial charge in [-0.25, -0.2) is 0 Å². The third-order valence-corrected chi connectivity index (χ3v) is 3.07. The first-order valence-electron chi connectivity index (χ1n) is 5.66. The molecule has 0 saturated carbocycles. The molecule has 0 aliphatic carbocycles. The first-order chi connectivity index (χ1) is 7.16. The molecule has 90 valence electrons. The summed E-state index contributed by atoms with van der Waals surface area (Å²) in [5, 5.41) is 13.6. The predicted molar refractivity (Wildman–Crippen MR) is 69.1 cm³/mol. The Morgan fingerprint density at radius 1 is 1.25 bits per heavy atom. The van der Waals surface area contributed by atoms with Gasteiger partial charge in [0.15, 0.2) is 0 Å². The van der Waals surface area contributed by atoms with Gasteiger partial charge in [-0.2, -0.15) is 0 Å². The van der Waals surface area contributed by atoms with Gasteiger partial charge in [0.25, 0.3) is 0 Å². The molecular weight excluding hydrogens is 222 g/mol. The highest BCUT2D eigenvalue weighted by Gasteiger charge is 2.23. The lowest BCUT2D eigenvalue weighted by Crippen LogP contribution is -2.28. The number of hydrogen-bond donors (Lipinski definition) is 2. The molecule has 1 aromatic rings. The molecule has 2 nitrogen and oxygen atoms in total. The smallest absolute Gasteiger partial charge is 0.0943 e. The van der Waals surface area contributed by atoms with Crippen molar-refractivity contribution in [2.24, 2.45) is 0 Å². The summed E-state index contributed by atoms with van der Waals surface area (Å²) in [7, 11) is 0. The van der Waals surface area contributed by atoms with Crippen molar-refractivity contribution in [2.45, 2.75) is 38.8 Å². The van der Waals surface area contributed by atoms with Crippen molar-refractivity contribution < 1.29 is 5.11 Å². The molecule has 2 rings (SSSR count). The Labute approximate surface area is 103 Å². The molecule has 2 atom stereocenters. The maximum absolute atomic E-state index is 10.2. The molecule has 16 heavy (non-hydrogen) atoms. The van der Waals surface area contributed by atoms with E-state index in [1.165, 1.54) is 17.5 Å². The van der Waals surface area contributed by atoms with Gasteiger partial charge in [-0.3, -0.25) is 0 Å². The zero-order valence-corrected chi connectivity index (χ0v) is 10.7. The summed E-state index contributed by atoms with van der Waals surface area (Å²) in [6.07, 6.45) is 1.90. The summed E-state index contributed by atoms with van der Waals surface area (Å²) in [6.45, 7) is 5.18. The zero-order valence-electron chi connectivity index (χ0n) is 9.86. The lowest BCUT2D eigenvalue weighted by Gasteiger charge is -2.19.